The minimum absolute atomic E-state index is 0.355. The summed E-state index contributed by atoms with van der Waals surface area (Å²) in [6.45, 7) is 4.27. The highest BCUT2D eigenvalue weighted by atomic mass is 32.2. The van der Waals surface area contributed by atoms with Gasteiger partial charge < -0.3 is 10.2 Å². The van der Waals surface area contributed by atoms with Crippen molar-refractivity contribution in [2.45, 2.75) is 35.1 Å². The Balaban J connectivity index is 1.79. The van der Waals surface area contributed by atoms with Crippen LogP contribution in [-0.4, -0.2) is 34.6 Å². The van der Waals surface area contributed by atoms with Crippen molar-refractivity contribution < 1.29 is 8.42 Å². The monoisotopic (exact) mass is 356 g/mol. The molecule has 0 aliphatic carbocycles. The van der Waals surface area contributed by atoms with Crippen molar-refractivity contribution in [1.29, 1.82) is 0 Å². The van der Waals surface area contributed by atoms with E-state index in [-0.39, 0.29) is 0 Å². The Labute approximate surface area is 149 Å². The van der Waals surface area contributed by atoms with Crippen LogP contribution in [0.2, 0.25) is 0 Å². The van der Waals surface area contributed by atoms with E-state index >= 15 is 0 Å². The third-order valence-corrected chi connectivity index (χ3v) is 7.45. The Kier molecular flexibility index (Phi) is 4.08. The first-order valence-electron chi connectivity index (χ1n) is 8.88. The van der Waals surface area contributed by atoms with E-state index < -0.39 is 9.84 Å². The van der Waals surface area contributed by atoms with Gasteiger partial charge in [-0.1, -0.05) is 25.1 Å². The van der Waals surface area contributed by atoms with Crippen LogP contribution >= 0.6 is 0 Å². The number of hydrogen-bond donors (Lipinski definition) is 1. The SMILES string of the molecule is CC1CNCC[C@H]2c3cc(S(=O)(=O)c4ccccc4)ccc3N(C)[C@H]12. The van der Waals surface area contributed by atoms with Crippen LogP contribution in [0.1, 0.15) is 24.8 Å². The molecular weight excluding hydrogens is 332 g/mol. The second-order valence-corrected chi connectivity index (χ2v) is 9.16. The van der Waals surface area contributed by atoms with Crippen LogP contribution in [0.3, 0.4) is 0 Å². The Morgan fingerprint density at radius 2 is 1.84 bits per heavy atom. The van der Waals surface area contributed by atoms with E-state index in [4.69, 9.17) is 0 Å². The molecule has 2 aromatic rings. The number of rotatable bonds is 2. The van der Waals surface area contributed by atoms with E-state index in [9.17, 15) is 8.42 Å². The summed E-state index contributed by atoms with van der Waals surface area (Å²) in [6, 6.07) is 14.8. The second-order valence-electron chi connectivity index (χ2n) is 7.22. The minimum Gasteiger partial charge on any atom is -0.370 e. The molecule has 4 nitrogen and oxygen atoms in total. The highest BCUT2D eigenvalue weighted by Gasteiger charge is 2.41. The molecule has 4 rings (SSSR count). The number of fused-ring (bicyclic) bond motifs is 3. The van der Waals surface area contributed by atoms with Crippen molar-refractivity contribution in [2.24, 2.45) is 5.92 Å². The predicted octanol–water partition coefficient (Wildman–Crippen LogP) is 3.05. The summed E-state index contributed by atoms with van der Waals surface area (Å²) in [4.78, 5) is 3.10. The zero-order valence-electron chi connectivity index (χ0n) is 14.6. The van der Waals surface area contributed by atoms with Gasteiger partial charge in [-0.05, 0) is 61.3 Å². The molecule has 132 valence electrons. The van der Waals surface area contributed by atoms with E-state index in [1.807, 2.05) is 18.2 Å². The first-order chi connectivity index (χ1) is 12.0. The molecule has 0 amide bonds. The molecule has 25 heavy (non-hydrogen) atoms. The summed E-state index contributed by atoms with van der Waals surface area (Å²) in [7, 11) is -1.34. The van der Waals surface area contributed by atoms with Crippen molar-refractivity contribution in [3.63, 3.8) is 0 Å². The Bertz CT molecular complexity index is 880. The Morgan fingerprint density at radius 3 is 2.60 bits per heavy atom. The molecule has 0 saturated carbocycles. The molecule has 0 aromatic heterocycles. The molecule has 1 saturated heterocycles. The average molecular weight is 356 g/mol. The molecule has 0 radical (unpaired) electrons. The molecule has 2 aliphatic heterocycles. The maximum Gasteiger partial charge on any atom is 0.206 e. The maximum absolute atomic E-state index is 13.0. The normalized spacial score (nSPS) is 26.0. The lowest BCUT2D eigenvalue weighted by molar-refractivity contribution is 0.417. The van der Waals surface area contributed by atoms with Crippen molar-refractivity contribution in [1.82, 2.24) is 5.32 Å². The molecule has 0 bridgehead atoms. The van der Waals surface area contributed by atoms with Crippen LogP contribution in [0, 0.1) is 5.92 Å². The lowest BCUT2D eigenvalue weighted by Crippen LogP contribution is -2.38. The van der Waals surface area contributed by atoms with Gasteiger partial charge in [-0.3, -0.25) is 0 Å². The summed E-state index contributed by atoms with van der Waals surface area (Å²) in [6.07, 6.45) is 1.04. The van der Waals surface area contributed by atoms with E-state index in [0.717, 1.165) is 19.5 Å². The molecule has 2 aliphatic rings. The van der Waals surface area contributed by atoms with Crippen molar-refractivity contribution >= 4 is 15.5 Å². The first kappa shape index (κ1) is 16.6. The summed E-state index contributed by atoms with van der Waals surface area (Å²) < 4.78 is 26.0. The number of hydrogen-bond acceptors (Lipinski definition) is 4. The zero-order chi connectivity index (χ0) is 17.6. The molecular formula is C20H24N2O2S. The van der Waals surface area contributed by atoms with Gasteiger partial charge in [0.2, 0.25) is 9.84 Å². The number of likely N-dealkylation sites (N-methyl/N-ethyl adjacent to an activating group) is 1. The van der Waals surface area contributed by atoms with E-state index in [2.05, 4.69) is 24.2 Å². The molecule has 0 spiro atoms. The summed E-state index contributed by atoms with van der Waals surface area (Å²) >= 11 is 0. The first-order valence-corrected chi connectivity index (χ1v) is 10.4. The molecule has 2 aromatic carbocycles. The highest BCUT2D eigenvalue weighted by molar-refractivity contribution is 7.91. The molecule has 5 heteroatoms. The van der Waals surface area contributed by atoms with Gasteiger partial charge in [-0.2, -0.15) is 0 Å². The standard InChI is InChI=1S/C20H24N2O2S/c1-14-13-21-11-10-17-18-12-16(8-9-19(18)22(2)20(14)17)25(23,24)15-6-4-3-5-7-15/h3-9,12,14,17,20-21H,10-11,13H2,1-2H3/t14?,17-,20+/m0/s1. The van der Waals surface area contributed by atoms with Gasteiger partial charge in [-0.25, -0.2) is 8.42 Å². The number of anilines is 1. The van der Waals surface area contributed by atoms with Crippen LogP contribution < -0.4 is 10.2 Å². The quantitative estimate of drug-likeness (QED) is 0.898. The van der Waals surface area contributed by atoms with E-state index in [1.165, 1.54) is 11.3 Å². The van der Waals surface area contributed by atoms with Gasteiger partial charge in [0, 0.05) is 24.7 Å². The predicted molar refractivity (Wildman–Crippen MR) is 99.9 cm³/mol. The Morgan fingerprint density at radius 1 is 1.08 bits per heavy atom. The van der Waals surface area contributed by atoms with Crippen LogP contribution in [-0.2, 0) is 9.84 Å². The fourth-order valence-corrected chi connectivity index (χ4v) is 5.80. The smallest absolute Gasteiger partial charge is 0.206 e. The summed E-state index contributed by atoms with van der Waals surface area (Å²) in [5, 5.41) is 3.50. The largest absolute Gasteiger partial charge is 0.370 e. The number of nitrogens with zero attached hydrogens (tertiary/aromatic N) is 1. The number of benzene rings is 2. The fraction of sp³-hybridized carbons (Fsp3) is 0.400. The Hall–Kier alpha value is -1.85. The van der Waals surface area contributed by atoms with Crippen molar-refractivity contribution in [3.05, 3.63) is 54.1 Å². The average Bonchev–Trinajstić information content (AvgIpc) is 2.77. The van der Waals surface area contributed by atoms with Crippen LogP contribution in [0.15, 0.2) is 58.3 Å². The number of sulfone groups is 1. The highest BCUT2D eigenvalue weighted by Crippen LogP contribution is 2.46. The molecule has 1 fully saturated rings. The van der Waals surface area contributed by atoms with Gasteiger partial charge in [-0.15, -0.1) is 0 Å². The van der Waals surface area contributed by atoms with Gasteiger partial charge in [0.15, 0.2) is 0 Å². The molecule has 3 atom stereocenters. The summed E-state index contributed by atoms with van der Waals surface area (Å²) in [5.74, 6) is 0.912. The van der Waals surface area contributed by atoms with Crippen LogP contribution in [0.5, 0.6) is 0 Å². The van der Waals surface area contributed by atoms with Crippen LogP contribution in [0.25, 0.3) is 0 Å². The van der Waals surface area contributed by atoms with Gasteiger partial charge in [0.25, 0.3) is 0 Å². The van der Waals surface area contributed by atoms with E-state index in [0.29, 0.717) is 27.7 Å². The lowest BCUT2D eigenvalue weighted by atomic mass is 9.86. The number of nitrogens with one attached hydrogen (secondary N) is 1. The second kappa shape index (κ2) is 6.15. The van der Waals surface area contributed by atoms with Crippen molar-refractivity contribution in [2.75, 3.05) is 25.0 Å². The molecule has 2 heterocycles. The van der Waals surface area contributed by atoms with Gasteiger partial charge in [0.1, 0.15) is 0 Å². The third-order valence-electron chi connectivity index (χ3n) is 5.68. The minimum atomic E-state index is -3.47. The molecule has 1 N–H and O–H groups in total. The maximum atomic E-state index is 13.0. The lowest BCUT2D eigenvalue weighted by Gasteiger charge is -2.30. The summed E-state index contributed by atoms with van der Waals surface area (Å²) in [5.41, 5.74) is 2.36. The van der Waals surface area contributed by atoms with Gasteiger partial charge in [0.05, 0.1) is 9.79 Å². The zero-order valence-corrected chi connectivity index (χ0v) is 15.5. The van der Waals surface area contributed by atoms with Crippen LogP contribution in [0.4, 0.5) is 5.69 Å². The van der Waals surface area contributed by atoms with E-state index in [1.54, 1.807) is 30.3 Å². The fourth-order valence-electron chi connectivity index (χ4n) is 4.48. The topological polar surface area (TPSA) is 49.4 Å². The van der Waals surface area contributed by atoms with Gasteiger partial charge >= 0.3 is 0 Å². The van der Waals surface area contributed by atoms with Crippen molar-refractivity contribution in [3.8, 4) is 0 Å². The molecule has 1 unspecified atom stereocenters. The third kappa shape index (κ3) is 2.66.